The topological polar surface area (TPSA) is 70.0 Å². The molecule has 3 aliphatic rings. The maximum atomic E-state index is 13.7. The van der Waals surface area contributed by atoms with Gasteiger partial charge in [-0.05, 0) is 59.7 Å². The Morgan fingerprint density at radius 1 is 0.882 bits per heavy atom. The smallest absolute Gasteiger partial charge is 0.240 e. The molecule has 0 bridgehead atoms. The van der Waals surface area contributed by atoms with Crippen molar-refractivity contribution in [1.29, 1.82) is 0 Å². The molecule has 168 valence electrons. The van der Waals surface area contributed by atoms with Crippen LogP contribution in [0.25, 0.3) is 0 Å². The molecule has 2 saturated heterocycles. The lowest BCUT2D eigenvalue weighted by molar-refractivity contribution is -0.124. The minimum absolute atomic E-state index is 0.280. The van der Waals surface area contributed by atoms with E-state index in [0.29, 0.717) is 10.6 Å². The van der Waals surface area contributed by atoms with Crippen molar-refractivity contribution in [3.8, 4) is 0 Å². The lowest BCUT2D eigenvalue weighted by atomic mass is 9.83. The van der Waals surface area contributed by atoms with Crippen LogP contribution >= 0.6 is 11.6 Å². The lowest BCUT2D eigenvalue weighted by Gasteiger charge is -2.33. The number of fused-ring (bicyclic) bond motifs is 5. The number of Topliss-reactive ketones (excluding diaryl/α,β-unsaturated/α-hetero) is 1. The highest BCUT2D eigenvalue weighted by Crippen LogP contribution is 2.53. The van der Waals surface area contributed by atoms with E-state index in [9.17, 15) is 18.8 Å². The number of hydrogen-bond donors (Lipinski definition) is 0. The van der Waals surface area contributed by atoms with Crippen molar-refractivity contribution in [3.63, 3.8) is 0 Å². The van der Waals surface area contributed by atoms with E-state index in [2.05, 4.69) is 5.10 Å². The van der Waals surface area contributed by atoms with Crippen LogP contribution in [0.3, 0.4) is 0 Å². The number of anilines is 1. The zero-order valence-corrected chi connectivity index (χ0v) is 18.4. The Kier molecular flexibility index (Phi) is 4.64. The maximum absolute atomic E-state index is 13.7. The SMILES string of the molecule is O=C(c1ccc(Cl)cc1)[C@H]1[C@H]2C(=O)N(c3ccc(F)cc3)C(=O)[C@@H]2[C@H]2c3ccccc3C=NN21. The molecule has 3 aromatic carbocycles. The first-order valence-electron chi connectivity index (χ1n) is 10.8. The van der Waals surface area contributed by atoms with E-state index in [1.165, 1.54) is 24.3 Å². The molecule has 4 atom stereocenters. The first-order valence-corrected chi connectivity index (χ1v) is 11.2. The molecule has 6 rings (SSSR count). The van der Waals surface area contributed by atoms with Gasteiger partial charge in [-0.2, -0.15) is 5.10 Å². The standard InChI is InChI=1S/C26H17ClFN3O3/c27-16-7-5-14(6-8-16)24(32)23-21-20(22-19-4-2-1-3-15(19)13-29-31(22)23)25(33)30(26(21)34)18-11-9-17(28)10-12-18/h1-13,20-23H/t20-,21-,22+,23+/m0/s1. The predicted molar refractivity (Wildman–Crippen MR) is 124 cm³/mol. The molecule has 0 aromatic heterocycles. The fourth-order valence-corrected chi connectivity index (χ4v) is 5.42. The van der Waals surface area contributed by atoms with E-state index in [0.717, 1.165) is 16.0 Å². The zero-order valence-electron chi connectivity index (χ0n) is 17.6. The number of halogens is 2. The second-order valence-corrected chi connectivity index (χ2v) is 8.99. The summed E-state index contributed by atoms with van der Waals surface area (Å²) >= 11 is 6.00. The molecule has 2 amide bonds. The van der Waals surface area contributed by atoms with Crippen LogP contribution in [0.4, 0.5) is 10.1 Å². The van der Waals surface area contributed by atoms with Crippen LogP contribution in [0.1, 0.15) is 27.5 Å². The van der Waals surface area contributed by atoms with Crippen LogP contribution < -0.4 is 4.90 Å². The summed E-state index contributed by atoms with van der Waals surface area (Å²) in [6.07, 6.45) is 1.65. The average Bonchev–Trinajstić information content (AvgIpc) is 3.32. The third kappa shape index (κ3) is 2.93. The van der Waals surface area contributed by atoms with E-state index in [-0.39, 0.29) is 11.5 Å². The molecule has 0 spiro atoms. The Morgan fingerprint density at radius 3 is 2.29 bits per heavy atom. The molecule has 3 heterocycles. The quantitative estimate of drug-likeness (QED) is 0.421. The summed E-state index contributed by atoms with van der Waals surface area (Å²) in [7, 11) is 0. The van der Waals surface area contributed by atoms with Crippen molar-refractivity contribution >= 4 is 41.1 Å². The summed E-state index contributed by atoms with van der Waals surface area (Å²) in [6.45, 7) is 0. The summed E-state index contributed by atoms with van der Waals surface area (Å²) in [5.41, 5.74) is 2.33. The van der Waals surface area contributed by atoms with Crippen LogP contribution in [-0.4, -0.2) is 34.9 Å². The zero-order chi connectivity index (χ0) is 23.6. The molecule has 3 aliphatic heterocycles. The Hall–Kier alpha value is -3.84. The van der Waals surface area contributed by atoms with Gasteiger partial charge in [0.25, 0.3) is 0 Å². The average molecular weight is 474 g/mol. The van der Waals surface area contributed by atoms with Gasteiger partial charge in [-0.3, -0.25) is 19.4 Å². The molecule has 34 heavy (non-hydrogen) atoms. The predicted octanol–water partition coefficient (Wildman–Crippen LogP) is 4.24. The molecule has 0 aliphatic carbocycles. The van der Waals surface area contributed by atoms with Gasteiger partial charge in [-0.15, -0.1) is 0 Å². The number of nitrogens with zero attached hydrogens (tertiary/aromatic N) is 3. The summed E-state index contributed by atoms with van der Waals surface area (Å²) in [5.74, 6) is -3.44. The molecule has 8 heteroatoms. The third-order valence-corrected chi connectivity index (χ3v) is 7.03. The van der Waals surface area contributed by atoms with Crippen LogP contribution in [0, 0.1) is 17.7 Å². The number of imide groups is 1. The van der Waals surface area contributed by atoms with E-state index in [1.54, 1.807) is 35.5 Å². The Labute approximate surface area is 199 Å². The van der Waals surface area contributed by atoms with E-state index in [4.69, 9.17) is 11.6 Å². The second-order valence-electron chi connectivity index (χ2n) is 8.55. The Morgan fingerprint density at radius 2 is 1.56 bits per heavy atom. The first kappa shape index (κ1) is 20.7. The van der Waals surface area contributed by atoms with Gasteiger partial charge in [0, 0.05) is 10.6 Å². The van der Waals surface area contributed by atoms with Crippen LogP contribution in [-0.2, 0) is 9.59 Å². The first-order chi connectivity index (χ1) is 16.5. The Bertz CT molecular complexity index is 1370. The number of carbonyl (C=O) groups excluding carboxylic acids is 3. The number of rotatable bonds is 3. The minimum atomic E-state index is -0.970. The monoisotopic (exact) mass is 473 g/mol. The minimum Gasteiger partial charge on any atom is -0.292 e. The maximum Gasteiger partial charge on any atom is 0.240 e. The summed E-state index contributed by atoms with van der Waals surface area (Å²) in [5, 5.41) is 6.62. The highest BCUT2D eigenvalue weighted by molar-refractivity contribution is 6.30. The number of benzene rings is 3. The Balaban J connectivity index is 1.49. The molecule has 6 nitrogen and oxygen atoms in total. The normalized spacial score (nSPS) is 24.8. The van der Waals surface area contributed by atoms with Crippen molar-refractivity contribution in [3.05, 3.63) is 100 Å². The fraction of sp³-hybridized carbons (Fsp3) is 0.154. The van der Waals surface area contributed by atoms with Crippen LogP contribution in [0.2, 0.25) is 5.02 Å². The highest BCUT2D eigenvalue weighted by Gasteiger charge is 2.65. The molecular formula is C26H17ClFN3O3. The molecule has 0 radical (unpaired) electrons. The molecular weight excluding hydrogens is 457 g/mol. The second kappa shape index (κ2) is 7.60. The lowest BCUT2D eigenvalue weighted by Crippen LogP contribution is -2.44. The van der Waals surface area contributed by atoms with E-state index in [1.807, 2.05) is 24.3 Å². The molecule has 2 fully saturated rings. The van der Waals surface area contributed by atoms with E-state index < -0.39 is 41.6 Å². The van der Waals surface area contributed by atoms with Gasteiger partial charge >= 0.3 is 0 Å². The van der Waals surface area contributed by atoms with Crippen molar-refractivity contribution in [2.75, 3.05) is 4.90 Å². The van der Waals surface area contributed by atoms with Gasteiger partial charge in [0.2, 0.25) is 11.8 Å². The largest absolute Gasteiger partial charge is 0.292 e. The summed E-state index contributed by atoms with van der Waals surface area (Å²) in [4.78, 5) is 42.2. The van der Waals surface area contributed by atoms with Crippen LogP contribution in [0.5, 0.6) is 0 Å². The van der Waals surface area contributed by atoms with Crippen molar-refractivity contribution in [1.82, 2.24) is 5.01 Å². The third-order valence-electron chi connectivity index (χ3n) is 6.78. The van der Waals surface area contributed by atoms with Gasteiger partial charge in [-0.1, -0.05) is 35.9 Å². The summed E-state index contributed by atoms with van der Waals surface area (Å²) in [6, 6.07) is 17.6. The number of carbonyl (C=O) groups is 3. The van der Waals surface area contributed by atoms with Gasteiger partial charge in [0.1, 0.15) is 11.9 Å². The molecule has 0 unspecified atom stereocenters. The van der Waals surface area contributed by atoms with Crippen molar-refractivity contribution < 1.29 is 18.8 Å². The van der Waals surface area contributed by atoms with Gasteiger partial charge in [-0.25, -0.2) is 9.29 Å². The molecule has 0 N–H and O–H groups in total. The van der Waals surface area contributed by atoms with Crippen molar-refractivity contribution in [2.45, 2.75) is 12.1 Å². The van der Waals surface area contributed by atoms with Gasteiger partial charge in [0.15, 0.2) is 5.78 Å². The summed E-state index contributed by atoms with van der Waals surface area (Å²) < 4.78 is 13.5. The number of amides is 2. The van der Waals surface area contributed by atoms with Gasteiger partial charge in [0.05, 0.1) is 29.8 Å². The van der Waals surface area contributed by atoms with Crippen molar-refractivity contribution in [2.24, 2.45) is 16.9 Å². The van der Waals surface area contributed by atoms with Crippen LogP contribution in [0.15, 0.2) is 77.9 Å². The fourth-order valence-electron chi connectivity index (χ4n) is 5.30. The number of ketones is 1. The number of hydrogen-bond acceptors (Lipinski definition) is 5. The molecule has 0 saturated carbocycles. The van der Waals surface area contributed by atoms with E-state index >= 15 is 0 Å². The number of hydrazone groups is 1. The van der Waals surface area contributed by atoms with Gasteiger partial charge < -0.3 is 0 Å². The highest BCUT2D eigenvalue weighted by atomic mass is 35.5. The molecule has 3 aromatic rings.